The van der Waals surface area contributed by atoms with Crippen LogP contribution in [0.3, 0.4) is 0 Å². The van der Waals surface area contributed by atoms with E-state index in [1.54, 1.807) is 0 Å². The molecule has 0 atom stereocenters. The highest BCUT2D eigenvalue weighted by Crippen LogP contribution is 2.46. The fraction of sp³-hybridized carbons (Fsp3) is 1.00. The molecule has 0 aromatic heterocycles. The maximum absolute atomic E-state index is 8.22. The smallest absolute Gasteiger partial charge is 0.320 e. The minimum Gasteiger partial charge on any atom is -0.415 e. The van der Waals surface area contributed by atoms with Crippen LogP contribution in [0.1, 0.15) is 187 Å². The molecule has 7 nitrogen and oxygen atoms in total. The van der Waals surface area contributed by atoms with Crippen LogP contribution in [0, 0.1) is 0 Å². The first kappa shape index (κ1) is 55.3. The van der Waals surface area contributed by atoms with E-state index in [9.17, 15) is 0 Å². The standard InChI is InChI=1S/C42H98O7Si7/c1-15-29-50(30-16-2)43-51(31-17-3,32-18-4)45-53(35-21-7,36-22-8)47-55(39-25-11,40-26-12)49-56(41-27-13,42-28-14)48-54(37-23-9,38-24-10)46-52(44-50,33-19-5)34-20-6/h15-42H2,1-14H3. The van der Waals surface area contributed by atoms with Gasteiger partial charge in [-0.3, -0.25) is 0 Å². The van der Waals surface area contributed by atoms with Gasteiger partial charge in [-0.2, -0.15) is 0 Å². The van der Waals surface area contributed by atoms with Crippen molar-refractivity contribution in [3.63, 3.8) is 0 Å². The van der Waals surface area contributed by atoms with E-state index < -0.39 is 59.9 Å². The van der Waals surface area contributed by atoms with E-state index in [1.807, 2.05) is 0 Å². The van der Waals surface area contributed by atoms with Crippen LogP contribution in [0.25, 0.3) is 0 Å². The molecule has 1 saturated heterocycles. The van der Waals surface area contributed by atoms with Crippen LogP contribution >= 0.6 is 0 Å². The van der Waals surface area contributed by atoms with Crippen molar-refractivity contribution in [2.75, 3.05) is 0 Å². The second-order valence-electron chi connectivity index (χ2n) is 17.6. The second-order valence-corrected chi connectivity index (χ2v) is 43.1. The average molecular weight is 912 g/mol. The molecule has 1 aliphatic rings. The zero-order valence-corrected chi connectivity index (χ0v) is 47.2. The largest absolute Gasteiger partial charge is 0.415 e. The second kappa shape index (κ2) is 28.0. The summed E-state index contributed by atoms with van der Waals surface area (Å²) in [4.78, 5) is 0. The molecule has 0 N–H and O–H groups in total. The molecule has 0 aromatic rings. The van der Waals surface area contributed by atoms with Crippen LogP contribution in [0.4, 0.5) is 0 Å². The molecule has 1 heterocycles. The van der Waals surface area contributed by atoms with Crippen LogP contribution in [0.15, 0.2) is 0 Å². The Morgan fingerprint density at radius 3 is 0.286 bits per heavy atom. The normalized spacial score (nSPS) is 21.8. The molecule has 0 amide bonds. The summed E-state index contributed by atoms with van der Waals surface area (Å²) in [6, 6.07) is 14.1. The summed E-state index contributed by atoms with van der Waals surface area (Å²) in [6.45, 7) is 32.9. The molecule has 0 aromatic carbocycles. The van der Waals surface area contributed by atoms with Gasteiger partial charge in [0, 0.05) is 0 Å². The highest BCUT2D eigenvalue weighted by molar-refractivity contribution is 6.96. The van der Waals surface area contributed by atoms with Crippen LogP contribution in [-0.2, 0) is 28.8 Å². The first-order chi connectivity index (χ1) is 26.8. The zero-order chi connectivity index (χ0) is 42.2. The van der Waals surface area contributed by atoms with E-state index in [2.05, 4.69) is 96.9 Å². The summed E-state index contributed by atoms with van der Waals surface area (Å²) >= 11 is 0. The Morgan fingerprint density at radius 1 is 0.161 bits per heavy atom. The number of hydrogen-bond donors (Lipinski definition) is 0. The SMILES string of the molecule is CCC[Si]1(CCC)O[Si](CCC)(CCC)O[Si](CCC)(CCC)O[Si](CCC)(CCC)O[Si](CCC)(CCC)O[Si](CCC)(CCC)O[Si](CCC)(CCC)O1. The van der Waals surface area contributed by atoms with Gasteiger partial charge in [-0.05, 0) is 84.6 Å². The summed E-state index contributed by atoms with van der Waals surface area (Å²) in [7, 11) is -20.0. The summed E-state index contributed by atoms with van der Waals surface area (Å²) in [5, 5.41) is 0. The van der Waals surface area contributed by atoms with Crippen LogP contribution in [0.2, 0.25) is 84.6 Å². The first-order valence-electron chi connectivity index (χ1n) is 24.7. The molecule has 1 rings (SSSR count). The monoisotopic (exact) mass is 911 g/mol. The molecule has 0 saturated carbocycles. The maximum Gasteiger partial charge on any atom is 0.320 e. The Bertz CT molecular complexity index is 724. The molecule has 1 fully saturated rings. The first-order valence-corrected chi connectivity index (χ1v) is 40.3. The lowest BCUT2D eigenvalue weighted by Crippen LogP contribution is -2.70. The average Bonchev–Trinajstić information content (AvgIpc) is 3.09. The van der Waals surface area contributed by atoms with Gasteiger partial charge in [0.05, 0.1) is 0 Å². The van der Waals surface area contributed by atoms with Crippen molar-refractivity contribution in [1.29, 1.82) is 0 Å². The minimum absolute atomic E-state index is 1.00. The van der Waals surface area contributed by atoms with E-state index in [1.165, 1.54) is 0 Å². The van der Waals surface area contributed by atoms with Crippen molar-refractivity contribution < 1.29 is 28.8 Å². The third-order valence-corrected chi connectivity index (χ3v) is 49.9. The third kappa shape index (κ3) is 16.5. The van der Waals surface area contributed by atoms with E-state index in [-0.39, 0.29) is 0 Å². The molecule has 1 aliphatic heterocycles. The van der Waals surface area contributed by atoms with Crippen molar-refractivity contribution in [3.8, 4) is 0 Å². The molecule has 336 valence electrons. The molecule has 0 unspecified atom stereocenters. The molecule has 0 bridgehead atoms. The molecule has 14 heteroatoms. The Labute approximate surface area is 358 Å². The fourth-order valence-corrected chi connectivity index (χ4v) is 56.8. The summed E-state index contributed by atoms with van der Waals surface area (Å²) in [5.74, 6) is 0. The zero-order valence-electron chi connectivity index (χ0n) is 40.2. The van der Waals surface area contributed by atoms with Crippen LogP contribution < -0.4 is 0 Å². The van der Waals surface area contributed by atoms with E-state index in [0.717, 1.165) is 175 Å². The van der Waals surface area contributed by atoms with Crippen molar-refractivity contribution in [2.45, 2.75) is 271 Å². The van der Waals surface area contributed by atoms with Gasteiger partial charge in [0.15, 0.2) is 0 Å². The van der Waals surface area contributed by atoms with Gasteiger partial charge in [0.25, 0.3) is 0 Å². The highest BCUT2D eigenvalue weighted by atomic mass is 28.5. The molecular weight excluding hydrogens is 813 g/mol. The van der Waals surface area contributed by atoms with Crippen molar-refractivity contribution in [2.24, 2.45) is 0 Å². The number of hydrogen-bond acceptors (Lipinski definition) is 7. The molecule has 0 aliphatic carbocycles. The van der Waals surface area contributed by atoms with Gasteiger partial charge in [-0.1, -0.05) is 187 Å². The highest BCUT2D eigenvalue weighted by Gasteiger charge is 2.62. The van der Waals surface area contributed by atoms with Crippen molar-refractivity contribution in [1.82, 2.24) is 0 Å². The van der Waals surface area contributed by atoms with E-state index in [0.29, 0.717) is 0 Å². The van der Waals surface area contributed by atoms with Crippen LogP contribution in [-0.4, -0.2) is 59.9 Å². The quantitative estimate of drug-likeness (QED) is 0.0725. The minimum atomic E-state index is -2.86. The third-order valence-electron chi connectivity index (χ3n) is 11.4. The van der Waals surface area contributed by atoms with Crippen molar-refractivity contribution in [3.05, 3.63) is 0 Å². The Kier molecular flexibility index (Phi) is 27.7. The van der Waals surface area contributed by atoms with E-state index >= 15 is 0 Å². The molecule has 56 heavy (non-hydrogen) atoms. The lowest BCUT2D eigenvalue weighted by molar-refractivity contribution is 0.207. The lowest BCUT2D eigenvalue weighted by atomic mass is 10.6. The van der Waals surface area contributed by atoms with E-state index in [4.69, 9.17) is 28.8 Å². The number of rotatable bonds is 28. The molecular formula is C42H98O7Si7. The van der Waals surface area contributed by atoms with Gasteiger partial charge in [0.1, 0.15) is 0 Å². The van der Waals surface area contributed by atoms with Gasteiger partial charge in [0.2, 0.25) is 0 Å². The topological polar surface area (TPSA) is 64.6 Å². The lowest BCUT2D eigenvalue weighted by Gasteiger charge is -2.54. The molecule has 0 radical (unpaired) electrons. The predicted molar refractivity (Wildman–Crippen MR) is 259 cm³/mol. The van der Waals surface area contributed by atoms with Gasteiger partial charge < -0.3 is 28.8 Å². The summed E-state index contributed by atoms with van der Waals surface area (Å²) in [6.07, 6.45) is 14.8. The fourth-order valence-electron chi connectivity index (χ4n) is 10.2. The Morgan fingerprint density at radius 2 is 0.232 bits per heavy atom. The Balaban J connectivity index is 4.78. The Hall–Kier alpha value is 1.24. The van der Waals surface area contributed by atoms with Gasteiger partial charge >= 0.3 is 59.9 Å². The summed E-state index contributed by atoms with van der Waals surface area (Å²) < 4.78 is 57.6. The predicted octanol–water partition coefficient (Wildman–Crippen LogP) is 16.0. The van der Waals surface area contributed by atoms with Gasteiger partial charge in [-0.15, -0.1) is 0 Å². The maximum atomic E-state index is 8.22. The van der Waals surface area contributed by atoms with Crippen molar-refractivity contribution >= 4 is 59.9 Å². The van der Waals surface area contributed by atoms with Crippen LogP contribution in [0.5, 0.6) is 0 Å². The molecule has 0 spiro atoms. The van der Waals surface area contributed by atoms with Gasteiger partial charge in [-0.25, -0.2) is 0 Å². The summed E-state index contributed by atoms with van der Waals surface area (Å²) in [5.41, 5.74) is 0.